The van der Waals surface area contributed by atoms with Crippen LogP contribution in [0.2, 0.25) is 0 Å². The first kappa shape index (κ1) is 9.46. The highest BCUT2D eigenvalue weighted by atomic mass is 32.1. The SMILES string of the molecule is CC(C)(C)Nc1ccc2sncc2c1. The molecule has 0 radical (unpaired) electrons. The Morgan fingerprint density at radius 1 is 1.29 bits per heavy atom. The van der Waals surface area contributed by atoms with Gasteiger partial charge in [-0.25, -0.2) is 0 Å². The molecule has 0 aliphatic carbocycles. The average Bonchev–Trinajstić information content (AvgIpc) is 2.47. The lowest BCUT2D eigenvalue weighted by atomic mass is 10.1. The molecule has 0 fully saturated rings. The maximum absolute atomic E-state index is 4.15. The van der Waals surface area contributed by atoms with E-state index in [1.165, 1.54) is 21.6 Å². The summed E-state index contributed by atoms with van der Waals surface area (Å²) in [5, 5.41) is 4.65. The number of fused-ring (bicyclic) bond motifs is 1. The van der Waals surface area contributed by atoms with Gasteiger partial charge in [0.15, 0.2) is 0 Å². The fourth-order valence-electron chi connectivity index (χ4n) is 1.38. The zero-order chi connectivity index (χ0) is 10.2. The zero-order valence-corrected chi connectivity index (χ0v) is 9.48. The molecule has 74 valence electrons. The van der Waals surface area contributed by atoms with E-state index < -0.39 is 0 Å². The molecule has 0 atom stereocenters. The van der Waals surface area contributed by atoms with Crippen LogP contribution in [-0.2, 0) is 0 Å². The molecule has 0 amide bonds. The summed E-state index contributed by atoms with van der Waals surface area (Å²) >= 11 is 1.54. The van der Waals surface area contributed by atoms with Gasteiger partial charge in [-0.15, -0.1) is 0 Å². The van der Waals surface area contributed by atoms with Gasteiger partial charge in [0.1, 0.15) is 0 Å². The summed E-state index contributed by atoms with van der Waals surface area (Å²) in [5.74, 6) is 0. The molecule has 3 heteroatoms. The molecule has 0 aliphatic rings. The Hall–Kier alpha value is -1.09. The Bertz CT molecular complexity index is 440. The first-order chi connectivity index (χ1) is 6.54. The van der Waals surface area contributed by atoms with Crippen molar-refractivity contribution in [1.29, 1.82) is 0 Å². The molecule has 0 unspecified atom stereocenters. The molecule has 1 heterocycles. The van der Waals surface area contributed by atoms with Gasteiger partial charge in [0.2, 0.25) is 0 Å². The lowest BCUT2D eigenvalue weighted by Crippen LogP contribution is -2.25. The normalized spacial score (nSPS) is 11.9. The number of benzene rings is 1. The van der Waals surface area contributed by atoms with Gasteiger partial charge in [0.05, 0.1) is 4.70 Å². The van der Waals surface area contributed by atoms with E-state index in [-0.39, 0.29) is 5.54 Å². The third-order valence-corrected chi connectivity index (χ3v) is 2.65. The first-order valence-corrected chi connectivity index (χ1v) is 5.45. The van der Waals surface area contributed by atoms with Gasteiger partial charge in [-0.1, -0.05) is 0 Å². The Morgan fingerprint density at radius 3 is 2.79 bits per heavy atom. The van der Waals surface area contributed by atoms with Crippen LogP contribution in [0.1, 0.15) is 20.8 Å². The van der Waals surface area contributed by atoms with Gasteiger partial charge in [-0.05, 0) is 50.5 Å². The van der Waals surface area contributed by atoms with Crippen molar-refractivity contribution < 1.29 is 0 Å². The van der Waals surface area contributed by atoms with Crippen LogP contribution in [0.4, 0.5) is 5.69 Å². The highest BCUT2D eigenvalue weighted by Gasteiger charge is 2.09. The molecule has 14 heavy (non-hydrogen) atoms. The largest absolute Gasteiger partial charge is 0.380 e. The van der Waals surface area contributed by atoms with Crippen LogP contribution >= 0.6 is 11.5 Å². The lowest BCUT2D eigenvalue weighted by Gasteiger charge is -2.22. The molecular formula is C11H14N2S. The monoisotopic (exact) mass is 206 g/mol. The third kappa shape index (κ3) is 2.04. The van der Waals surface area contributed by atoms with E-state index in [0.717, 1.165) is 5.69 Å². The predicted molar refractivity (Wildman–Crippen MR) is 63.0 cm³/mol. The number of nitrogens with zero attached hydrogens (tertiary/aromatic N) is 1. The molecular weight excluding hydrogens is 192 g/mol. The van der Waals surface area contributed by atoms with Crippen LogP contribution in [-0.4, -0.2) is 9.91 Å². The number of anilines is 1. The lowest BCUT2D eigenvalue weighted by molar-refractivity contribution is 0.634. The molecule has 2 nitrogen and oxygen atoms in total. The molecule has 0 spiro atoms. The quantitative estimate of drug-likeness (QED) is 0.772. The van der Waals surface area contributed by atoms with Crippen molar-refractivity contribution in [1.82, 2.24) is 4.37 Å². The molecule has 0 bridgehead atoms. The van der Waals surface area contributed by atoms with Gasteiger partial charge >= 0.3 is 0 Å². The van der Waals surface area contributed by atoms with Crippen LogP contribution in [0.3, 0.4) is 0 Å². The van der Waals surface area contributed by atoms with E-state index in [0.29, 0.717) is 0 Å². The molecule has 2 aromatic rings. The summed E-state index contributed by atoms with van der Waals surface area (Å²) in [4.78, 5) is 0. The highest BCUT2D eigenvalue weighted by Crippen LogP contribution is 2.23. The molecule has 1 N–H and O–H groups in total. The fourth-order valence-corrected chi connectivity index (χ4v) is 2.01. The molecule has 2 rings (SSSR count). The topological polar surface area (TPSA) is 24.9 Å². The van der Waals surface area contributed by atoms with Crippen LogP contribution in [0.15, 0.2) is 24.4 Å². The average molecular weight is 206 g/mol. The summed E-state index contributed by atoms with van der Waals surface area (Å²) in [5.41, 5.74) is 1.27. The molecule has 0 aliphatic heterocycles. The second-order valence-electron chi connectivity index (χ2n) is 4.45. The summed E-state index contributed by atoms with van der Waals surface area (Å²) < 4.78 is 5.39. The van der Waals surface area contributed by atoms with Crippen LogP contribution in [0.25, 0.3) is 10.1 Å². The van der Waals surface area contributed by atoms with Crippen LogP contribution in [0.5, 0.6) is 0 Å². The number of rotatable bonds is 1. The Kier molecular flexibility index (Phi) is 2.19. The van der Waals surface area contributed by atoms with Crippen molar-refractivity contribution >= 4 is 27.3 Å². The third-order valence-electron chi connectivity index (χ3n) is 1.87. The Balaban J connectivity index is 2.35. The fraction of sp³-hybridized carbons (Fsp3) is 0.364. The van der Waals surface area contributed by atoms with Crippen LogP contribution in [0, 0.1) is 0 Å². The highest BCUT2D eigenvalue weighted by molar-refractivity contribution is 7.13. The Labute approximate surface area is 88.1 Å². The molecule has 0 saturated carbocycles. The summed E-state index contributed by atoms with van der Waals surface area (Å²) in [7, 11) is 0. The van der Waals surface area contributed by atoms with E-state index in [2.05, 4.69) is 48.7 Å². The van der Waals surface area contributed by atoms with Crippen molar-refractivity contribution in [2.75, 3.05) is 5.32 Å². The number of hydrogen-bond acceptors (Lipinski definition) is 3. The minimum Gasteiger partial charge on any atom is -0.380 e. The van der Waals surface area contributed by atoms with Crippen molar-refractivity contribution in [2.24, 2.45) is 0 Å². The molecule has 0 saturated heterocycles. The molecule has 1 aromatic heterocycles. The second kappa shape index (κ2) is 3.24. The smallest absolute Gasteiger partial charge is 0.0551 e. The van der Waals surface area contributed by atoms with E-state index in [1.54, 1.807) is 0 Å². The van der Waals surface area contributed by atoms with Gasteiger partial charge in [0, 0.05) is 22.8 Å². The second-order valence-corrected chi connectivity index (χ2v) is 5.29. The van der Waals surface area contributed by atoms with Gasteiger partial charge < -0.3 is 5.32 Å². The number of aromatic nitrogens is 1. The van der Waals surface area contributed by atoms with Crippen molar-refractivity contribution in [2.45, 2.75) is 26.3 Å². The van der Waals surface area contributed by atoms with E-state index in [4.69, 9.17) is 0 Å². The maximum atomic E-state index is 4.15. The van der Waals surface area contributed by atoms with Gasteiger partial charge in [-0.3, -0.25) is 0 Å². The zero-order valence-electron chi connectivity index (χ0n) is 8.66. The van der Waals surface area contributed by atoms with E-state index >= 15 is 0 Å². The van der Waals surface area contributed by atoms with Gasteiger partial charge in [0.25, 0.3) is 0 Å². The van der Waals surface area contributed by atoms with E-state index in [1.807, 2.05) is 6.20 Å². The van der Waals surface area contributed by atoms with Crippen molar-refractivity contribution in [3.63, 3.8) is 0 Å². The summed E-state index contributed by atoms with van der Waals surface area (Å²) in [6, 6.07) is 6.36. The Morgan fingerprint density at radius 2 is 2.07 bits per heavy atom. The van der Waals surface area contributed by atoms with Crippen molar-refractivity contribution in [3.05, 3.63) is 24.4 Å². The minimum absolute atomic E-state index is 0.108. The maximum Gasteiger partial charge on any atom is 0.0551 e. The number of nitrogens with one attached hydrogen (secondary N) is 1. The molecule has 1 aromatic carbocycles. The standard InChI is InChI=1S/C11H14N2S/c1-11(2,3)13-9-4-5-10-8(6-9)7-12-14-10/h4-7,13H,1-3H3. The summed E-state index contributed by atoms with van der Waals surface area (Å²) in [6.45, 7) is 6.47. The predicted octanol–water partition coefficient (Wildman–Crippen LogP) is 3.51. The van der Waals surface area contributed by atoms with Crippen LogP contribution < -0.4 is 5.32 Å². The first-order valence-electron chi connectivity index (χ1n) is 4.67. The van der Waals surface area contributed by atoms with E-state index in [9.17, 15) is 0 Å². The number of hydrogen-bond donors (Lipinski definition) is 1. The minimum atomic E-state index is 0.108. The summed E-state index contributed by atoms with van der Waals surface area (Å²) in [6.07, 6.45) is 1.91. The van der Waals surface area contributed by atoms with Crippen molar-refractivity contribution in [3.8, 4) is 0 Å². The van der Waals surface area contributed by atoms with Gasteiger partial charge in [-0.2, -0.15) is 4.37 Å².